The largest absolute Gasteiger partial charge is 0.422 e. The van der Waals surface area contributed by atoms with Crippen molar-refractivity contribution in [1.82, 2.24) is 0 Å². The molecule has 28 heavy (non-hydrogen) atoms. The normalized spacial score (nSPS) is 12.2. The van der Waals surface area contributed by atoms with Gasteiger partial charge in [0.2, 0.25) is 0 Å². The van der Waals surface area contributed by atoms with Gasteiger partial charge in [0.1, 0.15) is 12.1 Å². The summed E-state index contributed by atoms with van der Waals surface area (Å²) in [6.45, 7) is 4.59. The summed E-state index contributed by atoms with van der Waals surface area (Å²) < 4.78 is 5.41. The lowest BCUT2D eigenvalue weighted by Crippen LogP contribution is -3.08. The molecule has 0 bridgehead atoms. The minimum Gasteiger partial charge on any atom is -0.422 e. The molecule has 0 aliphatic rings. The molecule has 0 saturated heterocycles. The lowest BCUT2D eigenvalue weighted by molar-refractivity contribution is -0.885. The van der Waals surface area contributed by atoms with Crippen LogP contribution in [0.15, 0.2) is 45.6 Å². The zero-order valence-electron chi connectivity index (χ0n) is 15.9. The molecule has 1 aromatic heterocycles. The lowest BCUT2D eigenvalue weighted by Gasteiger charge is -2.16. The van der Waals surface area contributed by atoms with Crippen LogP contribution in [0.1, 0.15) is 16.7 Å². The van der Waals surface area contributed by atoms with E-state index in [0.29, 0.717) is 27.9 Å². The molecule has 3 aromatic rings. The number of amides is 1. The molecular formula is C21H21Cl2N2O3+. The SMILES string of the molecule is Cc1ccc2c(C[NH+](C)CC(=O)Nc3c(Cl)cccc3Cl)cc(=O)oc2c1C. The molecule has 0 radical (unpaired) electrons. The second kappa shape index (κ2) is 8.35. The quantitative estimate of drug-likeness (QED) is 0.623. The summed E-state index contributed by atoms with van der Waals surface area (Å²) in [6, 6.07) is 10.5. The van der Waals surface area contributed by atoms with Gasteiger partial charge in [0, 0.05) is 17.0 Å². The van der Waals surface area contributed by atoms with Crippen LogP contribution in [0.4, 0.5) is 5.69 Å². The Bertz CT molecular complexity index is 1090. The van der Waals surface area contributed by atoms with E-state index in [9.17, 15) is 9.59 Å². The molecule has 0 aliphatic carbocycles. The van der Waals surface area contributed by atoms with Gasteiger partial charge in [-0.25, -0.2) is 4.79 Å². The lowest BCUT2D eigenvalue weighted by atomic mass is 10.0. The first-order valence-electron chi connectivity index (χ1n) is 8.84. The molecule has 1 unspecified atom stereocenters. The third kappa shape index (κ3) is 4.38. The highest BCUT2D eigenvalue weighted by molar-refractivity contribution is 6.39. The van der Waals surface area contributed by atoms with Crippen LogP contribution in [-0.2, 0) is 11.3 Å². The Labute approximate surface area is 172 Å². The summed E-state index contributed by atoms with van der Waals surface area (Å²) in [5.74, 6) is -0.216. The smallest absolute Gasteiger partial charge is 0.336 e. The zero-order valence-corrected chi connectivity index (χ0v) is 17.4. The summed E-state index contributed by atoms with van der Waals surface area (Å²) in [5.41, 5.74) is 3.46. The van der Waals surface area contributed by atoms with Crippen LogP contribution in [0.5, 0.6) is 0 Å². The molecular weight excluding hydrogens is 399 g/mol. The number of benzene rings is 2. The fourth-order valence-corrected chi connectivity index (χ4v) is 3.63. The first kappa shape index (κ1) is 20.4. The average molecular weight is 420 g/mol. The van der Waals surface area contributed by atoms with Crippen molar-refractivity contribution in [3.63, 3.8) is 0 Å². The summed E-state index contributed by atoms with van der Waals surface area (Å²) in [7, 11) is 1.88. The predicted octanol–water partition coefficient (Wildman–Crippen LogP) is 3.37. The number of fused-ring (bicyclic) bond motifs is 1. The number of carbonyl (C=O) groups excluding carboxylic acids is 1. The van der Waals surface area contributed by atoms with E-state index in [4.69, 9.17) is 27.6 Å². The van der Waals surface area contributed by atoms with Gasteiger partial charge in [-0.05, 0) is 37.1 Å². The van der Waals surface area contributed by atoms with E-state index in [1.165, 1.54) is 6.07 Å². The second-order valence-corrected chi connectivity index (χ2v) is 7.74. The van der Waals surface area contributed by atoms with Gasteiger partial charge in [-0.3, -0.25) is 4.79 Å². The summed E-state index contributed by atoms with van der Waals surface area (Å²) in [6.07, 6.45) is 0. The molecule has 2 N–H and O–H groups in total. The van der Waals surface area contributed by atoms with E-state index in [1.807, 2.05) is 33.0 Å². The van der Waals surface area contributed by atoms with E-state index < -0.39 is 5.63 Å². The Morgan fingerprint density at radius 1 is 1.14 bits per heavy atom. The molecule has 0 aliphatic heterocycles. The van der Waals surface area contributed by atoms with E-state index in [0.717, 1.165) is 27.0 Å². The molecule has 0 spiro atoms. The number of aryl methyl sites for hydroxylation is 2. The van der Waals surface area contributed by atoms with Gasteiger partial charge in [0.15, 0.2) is 6.54 Å². The molecule has 1 amide bonds. The highest BCUT2D eigenvalue weighted by atomic mass is 35.5. The maximum absolute atomic E-state index is 12.4. The number of likely N-dealkylation sites (N-methyl/N-ethyl adjacent to an activating group) is 1. The Morgan fingerprint density at radius 2 is 1.82 bits per heavy atom. The molecule has 0 saturated carbocycles. The van der Waals surface area contributed by atoms with Gasteiger partial charge < -0.3 is 14.6 Å². The predicted molar refractivity (Wildman–Crippen MR) is 113 cm³/mol. The van der Waals surface area contributed by atoms with Crippen molar-refractivity contribution in [3.05, 3.63) is 73.6 Å². The Kier molecular flexibility index (Phi) is 6.08. The minimum atomic E-state index is -0.392. The Hall–Kier alpha value is -2.34. The van der Waals surface area contributed by atoms with Crippen molar-refractivity contribution in [3.8, 4) is 0 Å². The van der Waals surface area contributed by atoms with Gasteiger partial charge >= 0.3 is 5.63 Å². The molecule has 5 nitrogen and oxygen atoms in total. The second-order valence-electron chi connectivity index (χ2n) is 6.93. The standard InChI is InChI=1S/C21H20Cl2N2O3/c1-12-7-8-15-14(9-19(27)28-21(15)13(12)2)10-25(3)11-18(26)24-20-16(22)5-4-6-17(20)23/h4-9H,10-11H2,1-3H3,(H,24,26)/p+1. The maximum atomic E-state index is 12.4. The summed E-state index contributed by atoms with van der Waals surface area (Å²) in [5, 5.41) is 4.41. The van der Waals surface area contributed by atoms with Crippen LogP contribution in [0.25, 0.3) is 11.0 Å². The first-order valence-corrected chi connectivity index (χ1v) is 9.60. The van der Waals surface area contributed by atoms with Crippen LogP contribution in [0.2, 0.25) is 10.0 Å². The number of hydrogen-bond donors (Lipinski definition) is 2. The molecule has 2 aromatic carbocycles. The first-order chi connectivity index (χ1) is 13.3. The monoisotopic (exact) mass is 419 g/mol. The zero-order chi connectivity index (χ0) is 20.4. The van der Waals surface area contributed by atoms with Crippen LogP contribution >= 0.6 is 23.2 Å². The van der Waals surface area contributed by atoms with Crippen molar-refractivity contribution >= 4 is 45.8 Å². The van der Waals surface area contributed by atoms with E-state index >= 15 is 0 Å². The fraction of sp³-hybridized carbons (Fsp3) is 0.238. The molecule has 7 heteroatoms. The number of hydrogen-bond acceptors (Lipinski definition) is 3. The van der Waals surface area contributed by atoms with Crippen molar-refractivity contribution in [1.29, 1.82) is 0 Å². The molecule has 1 atom stereocenters. The van der Waals surface area contributed by atoms with Crippen molar-refractivity contribution in [2.24, 2.45) is 0 Å². The number of para-hydroxylation sites is 1. The molecule has 1 heterocycles. The maximum Gasteiger partial charge on any atom is 0.336 e. The van der Waals surface area contributed by atoms with Crippen LogP contribution < -0.4 is 15.8 Å². The van der Waals surface area contributed by atoms with Gasteiger partial charge in [0.25, 0.3) is 5.91 Å². The highest BCUT2D eigenvalue weighted by Crippen LogP contribution is 2.29. The number of carbonyl (C=O) groups is 1. The van der Waals surface area contributed by atoms with Crippen LogP contribution in [-0.4, -0.2) is 19.5 Å². The third-order valence-corrected chi connectivity index (χ3v) is 5.33. The number of quaternary nitrogens is 1. The van der Waals surface area contributed by atoms with E-state index in [1.54, 1.807) is 18.2 Å². The number of anilines is 1. The number of rotatable bonds is 5. The molecule has 3 rings (SSSR count). The highest BCUT2D eigenvalue weighted by Gasteiger charge is 2.17. The van der Waals surface area contributed by atoms with Crippen molar-refractivity contribution in [2.75, 3.05) is 18.9 Å². The van der Waals surface area contributed by atoms with E-state index in [-0.39, 0.29) is 12.5 Å². The van der Waals surface area contributed by atoms with Crippen molar-refractivity contribution < 1.29 is 14.1 Å². The molecule has 0 fully saturated rings. The number of nitrogens with one attached hydrogen (secondary N) is 2. The van der Waals surface area contributed by atoms with E-state index in [2.05, 4.69) is 5.32 Å². The van der Waals surface area contributed by atoms with Gasteiger partial charge in [0.05, 0.1) is 22.8 Å². The third-order valence-electron chi connectivity index (χ3n) is 4.70. The van der Waals surface area contributed by atoms with Crippen molar-refractivity contribution in [2.45, 2.75) is 20.4 Å². The van der Waals surface area contributed by atoms with Gasteiger partial charge in [-0.2, -0.15) is 0 Å². The summed E-state index contributed by atoms with van der Waals surface area (Å²) >= 11 is 12.2. The minimum absolute atomic E-state index is 0.189. The fourth-order valence-electron chi connectivity index (χ4n) is 3.13. The van der Waals surface area contributed by atoms with Gasteiger partial charge in [-0.1, -0.05) is 41.4 Å². The molecule has 146 valence electrons. The van der Waals surface area contributed by atoms with Gasteiger partial charge in [-0.15, -0.1) is 0 Å². The summed E-state index contributed by atoms with van der Waals surface area (Å²) in [4.78, 5) is 25.3. The average Bonchev–Trinajstić information content (AvgIpc) is 2.61. The Balaban J connectivity index is 1.78. The number of halogens is 2. The Morgan fingerprint density at radius 3 is 2.50 bits per heavy atom. The van der Waals surface area contributed by atoms with Crippen LogP contribution in [0, 0.1) is 13.8 Å². The van der Waals surface area contributed by atoms with Crippen LogP contribution in [0.3, 0.4) is 0 Å². The topological polar surface area (TPSA) is 63.8 Å².